The molecule has 0 fully saturated rings. The van der Waals surface area contributed by atoms with Crippen LogP contribution in [0.25, 0.3) is 5.69 Å². The molecule has 1 amide bonds. The minimum absolute atomic E-state index is 0.0547. The van der Waals surface area contributed by atoms with E-state index in [0.717, 1.165) is 12.1 Å². The van der Waals surface area contributed by atoms with Crippen LogP contribution in [-0.4, -0.2) is 15.7 Å². The van der Waals surface area contributed by atoms with Gasteiger partial charge in [-0.05, 0) is 42.5 Å². The van der Waals surface area contributed by atoms with E-state index in [-0.39, 0.29) is 11.3 Å². The van der Waals surface area contributed by atoms with Crippen LogP contribution in [0.2, 0.25) is 5.02 Å². The fraction of sp³-hybridized carbons (Fsp3) is 0.0588. The van der Waals surface area contributed by atoms with E-state index in [4.69, 9.17) is 11.6 Å². The molecule has 0 saturated carbocycles. The van der Waals surface area contributed by atoms with Crippen molar-refractivity contribution in [3.63, 3.8) is 0 Å². The van der Waals surface area contributed by atoms with E-state index < -0.39 is 17.6 Å². The van der Waals surface area contributed by atoms with Gasteiger partial charge in [0.25, 0.3) is 5.91 Å². The van der Waals surface area contributed by atoms with Gasteiger partial charge >= 0.3 is 6.18 Å². The molecule has 4 nitrogen and oxygen atoms in total. The highest BCUT2D eigenvalue weighted by atomic mass is 35.5. The summed E-state index contributed by atoms with van der Waals surface area (Å²) in [5.74, 6) is -0.556. The van der Waals surface area contributed by atoms with Gasteiger partial charge < -0.3 is 5.32 Å². The second-order valence-corrected chi connectivity index (χ2v) is 5.62. The van der Waals surface area contributed by atoms with E-state index >= 15 is 0 Å². The summed E-state index contributed by atoms with van der Waals surface area (Å²) >= 11 is 5.82. The molecule has 0 aliphatic rings. The number of rotatable bonds is 3. The normalized spacial score (nSPS) is 11.4. The first-order chi connectivity index (χ1) is 11.8. The summed E-state index contributed by atoms with van der Waals surface area (Å²) in [7, 11) is 0. The quantitative estimate of drug-likeness (QED) is 0.725. The predicted molar refractivity (Wildman–Crippen MR) is 88.0 cm³/mol. The zero-order valence-electron chi connectivity index (χ0n) is 12.6. The van der Waals surface area contributed by atoms with Crippen molar-refractivity contribution >= 4 is 23.2 Å². The third kappa shape index (κ3) is 4.00. The molecule has 0 unspecified atom stereocenters. The van der Waals surface area contributed by atoms with Crippen LogP contribution in [-0.2, 0) is 6.18 Å². The molecule has 128 valence electrons. The van der Waals surface area contributed by atoms with Crippen molar-refractivity contribution in [1.82, 2.24) is 9.78 Å². The van der Waals surface area contributed by atoms with Crippen molar-refractivity contribution in [2.24, 2.45) is 0 Å². The first-order valence-corrected chi connectivity index (χ1v) is 7.50. The highest BCUT2D eigenvalue weighted by Crippen LogP contribution is 2.30. The highest BCUT2D eigenvalue weighted by Gasteiger charge is 2.30. The summed E-state index contributed by atoms with van der Waals surface area (Å²) in [6.45, 7) is 0. The topological polar surface area (TPSA) is 46.9 Å². The van der Waals surface area contributed by atoms with Crippen LogP contribution in [0.5, 0.6) is 0 Å². The zero-order valence-corrected chi connectivity index (χ0v) is 13.3. The van der Waals surface area contributed by atoms with Crippen molar-refractivity contribution in [2.45, 2.75) is 6.18 Å². The molecule has 1 N–H and O–H groups in total. The molecule has 3 rings (SSSR count). The standard InChI is InChI=1S/C17H11ClF3N3O/c18-13-4-6-15(7-5-13)24-10-11(9-22-24)16(25)23-14-3-1-2-12(8-14)17(19,20)21/h1-10H,(H,23,25). The molecule has 2 aromatic carbocycles. The minimum atomic E-state index is -4.47. The van der Waals surface area contributed by atoms with Crippen LogP contribution >= 0.6 is 11.6 Å². The summed E-state index contributed by atoms with van der Waals surface area (Å²) in [5, 5.41) is 7.07. The first kappa shape index (κ1) is 17.0. The Morgan fingerprint density at radius 3 is 2.52 bits per heavy atom. The molecular weight excluding hydrogens is 355 g/mol. The molecule has 0 spiro atoms. The monoisotopic (exact) mass is 365 g/mol. The largest absolute Gasteiger partial charge is 0.416 e. The van der Waals surface area contributed by atoms with Gasteiger partial charge in [-0.15, -0.1) is 0 Å². The Hall–Kier alpha value is -2.80. The number of halogens is 4. The van der Waals surface area contributed by atoms with Crippen LogP contribution in [0.4, 0.5) is 18.9 Å². The van der Waals surface area contributed by atoms with Gasteiger partial charge in [-0.3, -0.25) is 4.79 Å². The van der Waals surface area contributed by atoms with Crippen LogP contribution < -0.4 is 5.32 Å². The predicted octanol–water partition coefficient (Wildman–Crippen LogP) is 4.80. The molecule has 1 aromatic heterocycles. The fourth-order valence-corrected chi connectivity index (χ4v) is 2.28. The Morgan fingerprint density at radius 1 is 1.12 bits per heavy atom. The van der Waals surface area contributed by atoms with E-state index in [1.54, 1.807) is 24.3 Å². The van der Waals surface area contributed by atoms with Gasteiger partial charge in [0.2, 0.25) is 0 Å². The molecular formula is C17H11ClF3N3O. The average molecular weight is 366 g/mol. The number of carbonyl (C=O) groups is 1. The maximum atomic E-state index is 12.7. The third-order valence-electron chi connectivity index (χ3n) is 3.38. The zero-order chi connectivity index (χ0) is 18.0. The average Bonchev–Trinajstić information content (AvgIpc) is 3.05. The third-order valence-corrected chi connectivity index (χ3v) is 3.64. The molecule has 0 saturated heterocycles. The Labute approximate surface area is 145 Å². The van der Waals surface area contributed by atoms with E-state index in [1.165, 1.54) is 29.2 Å². The molecule has 1 heterocycles. The van der Waals surface area contributed by atoms with Gasteiger partial charge in [-0.1, -0.05) is 17.7 Å². The van der Waals surface area contributed by atoms with Gasteiger partial charge in [-0.25, -0.2) is 4.68 Å². The Morgan fingerprint density at radius 2 is 1.84 bits per heavy atom. The van der Waals surface area contributed by atoms with Crippen LogP contribution in [0, 0.1) is 0 Å². The second kappa shape index (κ2) is 6.60. The number of hydrogen-bond donors (Lipinski definition) is 1. The van der Waals surface area contributed by atoms with E-state index in [9.17, 15) is 18.0 Å². The van der Waals surface area contributed by atoms with Gasteiger partial charge in [-0.2, -0.15) is 18.3 Å². The minimum Gasteiger partial charge on any atom is -0.322 e. The van der Waals surface area contributed by atoms with Gasteiger partial charge in [0.05, 0.1) is 23.0 Å². The summed E-state index contributed by atoms with van der Waals surface area (Å²) < 4.78 is 39.6. The number of nitrogens with one attached hydrogen (secondary N) is 1. The maximum absolute atomic E-state index is 12.7. The first-order valence-electron chi connectivity index (χ1n) is 7.12. The number of alkyl halides is 3. The van der Waals surface area contributed by atoms with Crippen molar-refractivity contribution < 1.29 is 18.0 Å². The highest BCUT2D eigenvalue weighted by molar-refractivity contribution is 6.30. The van der Waals surface area contributed by atoms with E-state index in [2.05, 4.69) is 10.4 Å². The van der Waals surface area contributed by atoms with Crippen molar-refractivity contribution in [3.8, 4) is 5.69 Å². The number of aromatic nitrogens is 2. The Bertz CT molecular complexity index is 904. The van der Waals surface area contributed by atoms with E-state index in [0.29, 0.717) is 10.7 Å². The van der Waals surface area contributed by atoms with Crippen LogP contribution in [0.3, 0.4) is 0 Å². The summed E-state index contributed by atoms with van der Waals surface area (Å²) in [6.07, 6.45) is -1.66. The lowest BCUT2D eigenvalue weighted by Crippen LogP contribution is -2.12. The molecule has 0 bridgehead atoms. The fourth-order valence-electron chi connectivity index (χ4n) is 2.15. The van der Waals surface area contributed by atoms with Crippen LogP contribution in [0.1, 0.15) is 15.9 Å². The number of amides is 1. The Kier molecular flexibility index (Phi) is 4.50. The van der Waals surface area contributed by atoms with Crippen molar-refractivity contribution in [1.29, 1.82) is 0 Å². The number of hydrogen-bond acceptors (Lipinski definition) is 2. The number of benzene rings is 2. The maximum Gasteiger partial charge on any atom is 0.416 e. The molecule has 0 aliphatic carbocycles. The Balaban J connectivity index is 1.77. The lowest BCUT2D eigenvalue weighted by atomic mass is 10.2. The molecule has 0 atom stereocenters. The van der Waals surface area contributed by atoms with Crippen LogP contribution in [0.15, 0.2) is 60.9 Å². The summed E-state index contributed by atoms with van der Waals surface area (Å²) in [6, 6.07) is 11.2. The molecule has 25 heavy (non-hydrogen) atoms. The molecule has 0 aliphatic heterocycles. The summed E-state index contributed by atoms with van der Waals surface area (Å²) in [4.78, 5) is 12.2. The lowest BCUT2D eigenvalue weighted by Gasteiger charge is -2.09. The smallest absolute Gasteiger partial charge is 0.322 e. The number of nitrogens with zero attached hydrogens (tertiary/aromatic N) is 2. The lowest BCUT2D eigenvalue weighted by molar-refractivity contribution is -0.137. The SMILES string of the molecule is O=C(Nc1cccc(C(F)(F)F)c1)c1cnn(-c2ccc(Cl)cc2)c1. The molecule has 0 radical (unpaired) electrons. The van der Waals surface area contributed by atoms with Crippen molar-refractivity contribution in [3.05, 3.63) is 77.1 Å². The molecule has 8 heteroatoms. The number of anilines is 1. The van der Waals surface area contributed by atoms with Gasteiger partial charge in [0, 0.05) is 16.9 Å². The summed E-state index contributed by atoms with van der Waals surface area (Å²) in [5.41, 5.74) is 0.135. The second-order valence-electron chi connectivity index (χ2n) is 5.18. The van der Waals surface area contributed by atoms with E-state index in [1.807, 2.05) is 0 Å². The van der Waals surface area contributed by atoms with Gasteiger partial charge in [0.1, 0.15) is 0 Å². The number of carbonyl (C=O) groups excluding carboxylic acids is 1. The van der Waals surface area contributed by atoms with Gasteiger partial charge in [0.15, 0.2) is 0 Å². The van der Waals surface area contributed by atoms with Crippen molar-refractivity contribution in [2.75, 3.05) is 5.32 Å². The molecule has 3 aromatic rings.